The zero-order valence-electron chi connectivity index (χ0n) is 21.7. The van der Waals surface area contributed by atoms with Crippen LogP contribution in [0.1, 0.15) is 16.6 Å². The summed E-state index contributed by atoms with van der Waals surface area (Å²) >= 11 is 4.55. The average Bonchev–Trinajstić information content (AvgIpc) is 3.43. The van der Waals surface area contributed by atoms with E-state index in [1.807, 2.05) is 48.6 Å². The Hall–Kier alpha value is -3.50. The van der Waals surface area contributed by atoms with Crippen LogP contribution in [0.25, 0.3) is 0 Å². The summed E-state index contributed by atoms with van der Waals surface area (Å²) in [5, 5.41) is 5.81. The monoisotopic (exact) mass is 704 g/mol. The number of thioether (sulfide) groups is 1. The SMILES string of the molecule is CON=C(C(=O)NC1C(=O)N2CC(C=CCI)(C(=O)Oc3ccccc3)C(c3ccccc3)S[C@H]12)c1nsc(N)n1. The zero-order valence-corrected chi connectivity index (χ0v) is 25.5. The van der Waals surface area contributed by atoms with Gasteiger partial charge in [0, 0.05) is 22.5 Å². The molecule has 2 amide bonds. The number of para-hydroxylation sites is 1. The molecule has 1 aromatic heterocycles. The van der Waals surface area contributed by atoms with E-state index in [1.165, 1.54) is 18.9 Å². The first-order chi connectivity index (χ1) is 19.9. The first kappa shape index (κ1) is 29.0. The molecule has 3 unspecified atom stereocenters. The lowest BCUT2D eigenvalue weighted by Gasteiger charge is -2.56. The number of carbonyl (C=O) groups is 3. The Morgan fingerprint density at radius 2 is 1.93 bits per heavy atom. The number of rotatable bonds is 9. The smallest absolute Gasteiger partial charge is 0.324 e. The third kappa shape index (κ3) is 5.81. The van der Waals surface area contributed by atoms with Crippen molar-refractivity contribution >= 4 is 74.5 Å². The lowest BCUT2D eigenvalue weighted by Crippen LogP contribution is -2.74. The van der Waals surface area contributed by atoms with Gasteiger partial charge >= 0.3 is 5.97 Å². The summed E-state index contributed by atoms with van der Waals surface area (Å²) in [6.07, 6.45) is 3.76. The summed E-state index contributed by atoms with van der Waals surface area (Å²) in [7, 11) is 1.29. The first-order valence-electron chi connectivity index (χ1n) is 12.4. The molecular weight excluding hydrogens is 679 g/mol. The summed E-state index contributed by atoms with van der Waals surface area (Å²) in [5.41, 5.74) is 5.19. The number of nitrogens with zero attached hydrogens (tertiary/aromatic N) is 4. The molecule has 4 atom stereocenters. The molecule has 0 spiro atoms. The molecule has 2 aromatic carbocycles. The number of β-lactam (4-membered cyclic amide) rings is 1. The lowest BCUT2D eigenvalue weighted by molar-refractivity contribution is -0.156. The molecule has 0 bridgehead atoms. The van der Waals surface area contributed by atoms with Crippen LogP contribution in [0.2, 0.25) is 0 Å². The molecule has 3 heterocycles. The minimum absolute atomic E-state index is 0.000508. The number of aromatic nitrogens is 2. The van der Waals surface area contributed by atoms with Crippen molar-refractivity contribution < 1.29 is 24.0 Å². The van der Waals surface area contributed by atoms with Gasteiger partial charge in [0.1, 0.15) is 29.7 Å². The van der Waals surface area contributed by atoms with Gasteiger partial charge in [-0.15, -0.1) is 11.8 Å². The summed E-state index contributed by atoms with van der Waals surface area (Å²) in [6, 6.07) is 17.6. The van der Waals surface area contributed by atoms with Crippen molar-refractivity contribution in [2.24, 2.45) is 10.6 Å². The van der Waals surface area contributed by atoms with E-state index in [4.69, 9.17) is 15.3 Å². The van der Waals surface area contributed by atoms with Crippen LogP contribution >= 0.6 is 45.9 Å². The van der Waals surface area contributed by atoms with Gasteiger partial charge in [0.2, 0.25) is 17.4 Å². The van der Waals surface area contributed by atoms with Crippen molar-refractivity contribution in [3.63, 3.8) is 0 Å². The normalized spacial score (nSPS) is 24.0. The number of oxime groups is 1. The number of nitrogen functional groups attached to an aromatic ring is 1. The highest BCUT2D eigenvalue weighted by molar-refractivity contribution is 14.1. The largest absolute Gasteiger partial charge is 0.426 e. The molecule has 0 radical (unpaired) electrons. The number of fused-ring (bicyclic) bond motifs is 1. The van der Waals surface area contributed by atoms with Gasteiger partial charge in [-0.25, -0.2) is 0 Å². The third-order valence-electron chi connectivity index (χ3n) is 6.60. The minimum Gasteiger partial charge on any atom is -0.426 e. The van der Waals surface area contributed by atoms with Crippen molar-refractivity contribution in [3.8, 4) is 5.75 Å². The van der Waals surface area contributed by atoms with E-state index < -0.39 is 34.0 Å². The molecule has 2 fully saturated rings. The van der Waals surface area contributed by atoms with Gasteiger partial charge in [-0.3, -0.25) is 14.4 Å². The minimum atomic E-state index is -1.18. The number of alkyl halides is 1. The van der Waals surface area contributed by atoms with Gasteiger partial charge in [-0.2, -0.15) is 9.36 Å². The molecule has 2 aliphatic heterocycles. The first-order valence-corrected chi connectivity index (χ1v) is 15.7. The molecule has 0 saturated carbocycles. The van der Waals surface area contributed by atoms with Crippen molar-refractivity contribution in [2.45, 2.75) is 16.7 Å². The molecule has 5 rings (SSSR count). The van der Waals surface area contributed by atoms with Crippen LogP contribution in [0.4, 0.5) is 5.13 Å². The highest BCUT2D eigenvalue weighted by Gasteiger charge is 2.61. The second kappa shape index (κ2) is 12.6. The van der Waals surface area contributed by atoms with Crippen LogP contribution in [-0.4, -0.2) is 67.3 Å². The average molecular weight is 705 g/mol. The number of esters is 1. The fourth-order valence-corrected chi connectivity index (χ4v) is 7.19. The Labute approximate surface area is 257 Å². The summed E-state index contributed by atoms with van der Waals surface area (Å²) in [6.45, 7) is 0.0808. The highest BCUT2D eigenvalue weighted by atomic mass is 127. The molecule has 14 heteroatoms. The van der Waals surface area contributed by atoms with E-state index in [-0.39, 0.29) is 29.1 Å². The fourth-order valence-electron chi connectivity index (χ4n) is 4.75. The van der Waals surface area contributed by atoms with Crippen LogP contribution in [0.15, 0.2) is 78.0 Å². The maximum atomic E-state index is 14.0. The van der Waals surface area contributed by atoms with Crippen LogP contribution < -0.4 is 15.8 Å². The van der Waals surface area contributed by atoms with Crippen molar-refractivity contribution in [1.82, 2.24) is 19.6 Å². The van der Waals surface area contributed by atoms with E-state index in [0.29, 0.717) is 10.2 Å². The van der Waals surface area contributed by atoms with Crippen LogP contribution in [-0.2, 0) is 19.2 Å². The van der Waals surface area contributed by atoms with Gasteiger partial charge in [-0.1, -0.05) is 88.4 Å². The van der Waals surface area contributed by atoms with E-state index in [9.17, 15) is 14.4 Å². The Balaban J connectivity index is 1.46. The number of hydrogen-bond donors (Lipinski definition) is 2. The maximum Gasteiger partial charge on any atom is 0.324 e. The van der Waals surface area contributed by atoms with E-state index in [0.717, 1.165) is 17.1 Å². The van der Waals surface area contributed by atoms with Gasteiger partial charge in [0.15, 0.2) is 5.13 Å². The zero-order chi connectivity index (χ0) is 29.0. The summed E-state index contributed by atoms with van der Waals surface area (Å²) in [4.78, 5) is 51.1. The summed E-state index contributed by atoms with van der Waals surface area (Å²) < 4.78 is 10.6. The molecule has 2 saturated heterocycles. The highest BCUT2D eigenvalue weighted by Crippen LogP contribution is 2.56. The molecule has 2 aliphatic rings. The molecule has 3 N–H and O–H groups in total. The fraction of sp³-hybridized carbons (Fsp3) is 0.259. The van der Waals surface area contributed by atoms with E-state index in [2.05, 4.69) is 42.4 Å². The number of amides is 2. The van der Waals surface area contributed by atoms with Gasteiger partial charge < -0.3 is 25.5 Å². The number of hydrogen-bond acceptors (Lipinski definition) is 11. The molecular formula is C27H25IN6O5S2. The van der Waals surface area contributed by atoms with Crippen LogP contribution in [0, 0.1) is 5.41 Å². The standard InChI is InChI=1S/C27H25IN6O5S2/c1-38-32-18(21-31-26(29)41-33-21)22(35)30-19-23(36)34-15-27(13-8-14-28,25(37)39-17-11-6-3-7-12-17)20(40-24(19)34)16-9-4-2-5-10-16/h2-13,19-20,24H,14-15H2,1H3,(H,30,35)(H2,29,31,33)/t19?,20?,24-,27?/m1/s1. The van der Waals surface area contributed by atoms with Crippen LogP contribution in [0.5, 0.6) is 5.75 Å². The Kier molecular flexibility index (Phi) is 8.89. The van der Waals surface area contributed by atoms with Gasteiger partial charge in [0.05, 0.1) is 5.25 Å². The van der Waals surface area contributed by atoms with Crippen LogP contribution in [0.3, 0.4) is 0 Å². The second-order valence-corrected chi connectivity index (χ2v) is 12.0. The molecule has 11 nitrogen and oxygen atoms in total. The number of carbonyl (C=O) groups excluding carboxylic acids is 3. The van der Waals surface area contributed by atoms with E-state index in [1.54, 1.807) is 29.2 Å². The third-order valence-corrected chi connectivity index (χ3v) is 9.42. The Bertz CT molecular complexity index is 1490. The second-order valence-electron chi connectivity index (χ2n) is 9.11. The predicted octanol–water partition coefficient (Wildman–Crippen LogP) is 3.20. The Morgan fingerprint density at radius 1 is 1.22 bits per heavy atom. The van der Waals surface area contributed by atoms with Gasteiger partial charge in [-0.05, 0) is 17.7 Å². The number of nitrogens with one attached hydrogen (secondary N) is 1. The number of ether oxygens (including phenoxy) is 1. The van der Waals surface area contributed by atoms with Crippen molar-refractivity contribution in [1.29, 1.82) is 0 Å². The maximum absolute atomic E-state index is 14.0. The predicted molar refractivity (Wildman–Crippen MR) is 165 cm³/mol. The number of allylic oxidation sites excluding steroid dienone is 1. The van der Waals surface area contributed by atoms with Crippen molar-refractivity contribution in [2.75, 3.05) is 23.8 Å². The molecule has 0 aliphatic carbocycles. The van der Waals surface area contributed by atoms with Gasteiger partial charge in [0.25, 0.3) is 5.91 Å². The molecule has 212 valence electrons. The molecule has 41 heavy (non-hydrogen) atoms. The number of anilines is 1. The topological polar surface area (TPSA) is 149 Å². The van der Waals surface area contributed by atoms with Crippen molar-refractivity contribution in [3.05, 3.63) is 84.2 Å². The lowest BCUT2D eigenvalue weighted by atomic mass is 9.78. The van der Waals surface area contributed by atoms with E-state index >= 15 is 0 Å². The summed E-state index contributed by atoms with van der Waals surface area (Å²) in [5.74, 6) is -1.05. The molecule has 3 aromatic rings. The quantitative estimate of drug-likeness (QED) is 0.0501. The number of halogens is 1. The number of nitrogens with two attached hydrogens (primary N) is 1. The number of benzene rings is 2. The Morgan fingerprint density at radius 3 is 2.56 bits per heavy atom.